The molecule has 1 aromatic rings. The highest BCUT2D eigenvalue weighted by Crippen LogP contribution is 2.39. The van der Waals surface area contributed by atoms with Crippen LogP contribution in [-0.4, -0.2) is 25.3 Å². The number of likely N-dealkylation sites (N-methyl/N-ethyl adjacent to an activating group) is 1. The lowest BCUT2D eigenvalue weighted by Gasteiger charge is -2.27. The minimum Gasteiger partial charge on any atom is -0.378 e. The second-order valence-electron chi connectivity index (χ2n) is 5.53. The maximum absolute atomic E-state index is 9.46. The molecule has 1 fully saturated rings. The standard InChI is InChI=1S/C17H24N2O/c1-2-19-17(13-18,16-10-11-16)14-20-12-6-9-15-7-4-3-5-8-15/h3-5,7-8,16,19H,2,6,9-12,14H2,1H3. The lowest BCUT2D eigenvalue weighted by Crippen LogP contribution is -2.50. The molecule has 0 spiro atoms. The third-order valence-electron chi connectivity index (χ3n) is 3.89. The van der Waals surface area contributed by atoms with Gasteiger partial charge in [0.25, 0.3) is 0 Å². The summed E-state index contributed by atoms with van der Waals surface area (Å²) in [5.74, 6) is 0.474. The van der Waals surface area contributed by atoms with Gasteiger partial charge in [0.05, 0.1) is 12.7 Å². The second-order valence-corrected chi connectivity index (χ2v) is 5.53. The number of rotatable bonds is 9. The van der Waals surface area contributed by atoms with Crippen LogP contribution >= 0.6 is 0 Å². The molecule has 1 unspecified atom stereocenters. The Morgan fingerprint density at radius 3 is 2.70 bits per heavy atom. The Bertz CT molecular complexity index is 436. The van der Waals surface area contributed by atoms with Crippen molar-refractivity contribution in [2.45, 2.75) is 38.1 Å². The molecule has 0 aromatic heterocycles. The Morgan fingerprint density at radius 1 is 1.35 bits per heavy atom. The third-order valence-corrected chi connectivity index (χ3v) is 3.89. The van der Waals surface area contributed by atoms with Gasteiger partial charge in [-0.15, -0.1) is 0 Å². The normalized spacial score (nSPS) is 17.4. The summed E-state index contributed by atoms with van der Waals surface area (Å²) in [5.41, 5.74) is 0.887. The van der Waals surface area contributed by atoms with E-state index in [2.05, 4.69) is 35.7 Å². The summed E-state index contributed by atoms with van der Waals surface area (Å²) in [7, 11) is 0. The van der Waals surface area contributed by atoms with Crippen LogP contribution in [0, 0.1) is 17.2 Å². The smallest absolute Gasteiger partial charge is 0.133 e. The molecule has 1 saturated carbocycles. The van der Waals surface area contributed by atoms with Crippen molar-refractivity contribution in [2.24, 2.45) is 5.92 Å². The lowest BCUT2D eigenvalue weighted by molar-refractivity contribution is 0.0800. The summed E-state index contributed by atoms with van der Waals surface area (Å²) in [6.07, 6.45) is 4.33. The molecule has 108 valence electrons. The molecule has 20 heavy (non-hydrogen) atoms. The maximum Gasteiger partial charge on any atom is 0.133 e. The summed E-state index contributed by atoms with van der Waals surface area (Å²) in [5, 5.41) is 12.8. The molecular formula is C17H24N2O. The number of benzene rings is 1. The van der Waals surface area contributed by atoms with E-state index in [0.29, 0.717) is 12.5 Å². The lowest BCUT2D eigenvalue weighted by atomic mass is 9.96. The summed E-state index contributed by atoms with van der Waals surface area (Å²) < 4.78 is 5.78. The van der Waals surface area contributed by atoms with Gasteiger partial charge >= 0.3 is 0 Å². The van der Waals surface area contributed by atoms with Crippen LogP contribution in [0.5, 0.6) is 0 Å². The number of nitrogens with one attached hydrogen (secondary N) is 1. The van der Waals surface area contributed by atoms with Crippen LogP contribution in [0.3, 0.4) is 0 Å². The van der Waals surface area contributed by atoms with E-state index in [-0.39, 0.29) is 0 Å². The predicted octanol–water partition coefficient (Wildman–Crippen LogP) is 2.92. The zero-order chi connectivity index (χ0) is 14.3. The fourth-order valence-electron chi connectivity index (χ4n) is 2.62. The second kappa shape index (κ2) is 7.42. The molecule has 2 rings (SSSR count). The van der Waals surface area contributed by atoms with E-state index < -0.39 is 5.54 Å². The van der Waals surface area contributed by atoms with Gasteiger partial charge in [0.2, 0.25) is 0 Å². The first-order chi connectivity index (χ1) is 9.80. The van der Waals surface area contributed by atoms with Crippen LogP contribution in [0.2, 0.25) is 0 Å². The number of hydrogen-bond acceptors (Lipinski definition) is 3. The largest absolute Gasteiger partial charge is 0.378 e. The Morgan fingerprint density at radius 2 is 2.10 bits per heavy atom. The fourth-order valence-corrected chi connectivity index (χ4v) is 2.62. The number of ether oxygens (including phenoxy) is 1. The minimum atomic E-state index is -0.457. The molecule has 0 heterocycles. The van der Waals surface area contributed by atoms with E-state index in [9.17, 15) is 5.26 Å². The Balaban J connectivity index is 1.70. The molecule has 1 N–H and O–H groups in total. The molecule has 3 nitrogen and oxygen atoms in total. The zero-order valence-corrected chi connectivity index (χ0v) is 12.3. The molecule has 1 aliphatic rings. The number of aryl methyl sites for hydroxylation is 1. The highest BCUT2D eigenvalue weighted by molar-refractivity contribution is 5.16. The van der Waals surface area contributed by atoms with Gasteiger partial charge in [-0.3, -0.25) is 5.32 Å². The van der Waals surface area contributed by atoms with Crippen LogP contribution in [-0.2, 0) is 11.2 Å². The summed E-state index contributed by atoms with van der Waals surface area (Å²) in [6, 6.07) is 12.9. The first-order valence-electron chi connectivity index (χ1n) is 7.58. The van der Waals surface area contributed by atoms with Crippen LogP contribution < -0.4 is 5.32 Å². The number of hydrogen-bond donors (Lipinski definition) is 1. The van der Waals surface area contributed by atoms with Crippen molar-refractivity contribution in [3.05, 3.63) is 35.9 Å². The average Bonchev–Trinajstić information content (AvgIpc) is 3.32. The SMILES string of the molecule is CCNC(C#N)(COCCCc1ccccc1)C1CC1. The van der Waals surface area contributed by atoms with Crippen molar-refractivity contribution in [1.29, 1.82) is 5.26 Å². The maximum atomic E-state index is 9.46. The Hall–Kier alpha value is -1.37. The van der Waals surface area contributed by atoms with Gasteiger partial charge in [0, 0.05) is 6.61 Å². The van der Waals surface area contributed by atoms with E-state index >= 15 is 0 Å². The molecule has 1 aromatic carbocycles. The zero-order valence-electron chi connectivity index (χ0n) is 12.3. The summed E-state index contributed by atoms with van der Waals surface area (Å²) in [4.78, 5) is 0. The van der Waals surface area contributed by atoms with Gasteiger partial charge in [-0.1, -0.05) is 37.3 Å². The van der Waals surface area contributed by atoms with E-state index in [4.69, 9.17) is 4.74 Å². The molecule has 0 amide bonds. The van der Waals surface area contributed by atoms with Gasteiger partial charge in [-0.05, 0) is 43.7 Å². The van der Waals surface area contributed by atoms with Gasteiger partial charge in [0.15, 0.2) is 0 Å². The first kappa shape index (κ1) is 15.0. The third kappa shape index (κ3) is 4.06. The molecule has 0 bridgehead atoms. The molecule has 3 heteroatoms. The van der Waals surface area contributed by atoms with Crippen LogP contribution in [0.15, 0.2) is 30.3 Å². The topological polar surface area (TPSA) is 45.0 Å². The summed E-state index contributed by atoms with van der Waals surface area (Å²) >= 11 is 0. The van der Waals surface area contributed by atoms with Crippen molar-refractivity contribution < 1.29 is 4.74 Å². The monoisotopic (exact) mass is 272 g/mol. The van der Waals surface area contributed by atoms with Crippen LogP contribution in [0.4, 0.5) is 0 Å². The van der Waals surface area contributed by atoms with Gasteiger partial charge < -0.3 is 4.74 Å². The van der Waals surface area contributed by atoms with Crippen LogP contribution in [0.1, 0.15) is 31.7 Å². The number of nitriles is 1. The quantitative estimate of drug-likeness (QED) is 0.703. The van der Waals surface area contributed by atoms with Crippen molar-refractivity contribution >= 4 is 0 Å². The van der Waals surface area contributed by atoms with Crippen molar-refractivity contribution in [1.82, 2.24) is 5.32 Å². The molecule has 0 saturated heterocycles. The predicted molar refractivity (Wildman–Crippen MR) is 80.3 cm³/mol. The van der Waals surface area contributed by atoms with Crippen molar-refractivity contribution in [2.75, 3.05) is 19.8 Å². The van der Waals surface area contributed by atoms with Crippen molar-refractivity contribution in [3.63, 3.8) is 0 Å². The Kier molecular flexibility index (Phi) is 5.58. The fraction of sp³-hybridized carbons (Fsp3) is 0.588. The molecule has 1 atom stereocenters. The van der Waals surface area contributed by atoms with E-state index in [1.54, 1.807) is 0 Å². The molecule has 0 radical (unpaired) electrons. The van der Waals surface area contributed by atoms with E-state index in [0.717, 1.165) is 38.8 Å². The molecule has 1 aliphatic carbocycles. The highest BCUT2D eigenvalue weighted by Gasteiger charge is 2.45. The van der Waals surface area contributed by atoms with Gasteiger partial charge in [-0.2, -0.15) is 5.26 Å². The van der Waals surface area contributed by atoms with Crippen LogP contribution in [0.25, 0.3) is 0 Å². The highest BCUT2D eigenvalue weighted by atomic mass is 16.5. The van der Waals surface area contributed by atoms with Crippen molar-refractivity contribution in [3.8, 4) is 6.07 Å². The minimum absolute atomic E-state index is 0.457. The van der Waals surface area contributed by atoms with Gasteiger partial charge in [-0.25, -0.2) is 0 Å². The first-order valence-corrected chi connectivity index (χ1v) is 7.58. The number of nitrogens with zero attached hydrogens (tertiary/aromatic N) is 1. The Labute approximate surface area is 121 Å². The average molecular weight is 272 g/mol. The van der Waals surface area contributed by atoms with Gasteiger partial charge in [0.1, 0.15) is 5.54 Å². The summed E-state index contributed by atoms with van der Waals surface area (Å²) in [6.45, 7) is 4.09. The molecule has 0 aliphatic heterocycles. The van der Waals surface area contributed by atoms with E-state index in [1.165, 1.54) is 5.56 Å². The van der Waals surface area contributed by atoms with E-state index in [1.807, 2.05) is 13.0 Å². The molecular weight excluding hydrogens is 248 g/mol.